The molecule has 1 aromatic heterocycles. The maximum atomic E-state index is 12.8. The van der Waals surface area contributed by atoms with Gasteiger partial charge >= 0.3 is 0 Å². The lowest BCUT2D eigenvalue weighted by atomic mass is 10.1. The predicted octanol–water partition coefficient (Wildman–Crippen LogP) is 2.92. The zero-order valence-corrected chi connectivity index (χ0v) is 13.8. The molecule has 0 aliphatic carbocycles. The number of carbonyl (C=O) groups is 1. The topological polar surface area (TPSA) is 46.9 Å². The molecule has 0 saturated carbocycles. The fourth-order valence-corrected chi connectivity index (χ4v) is 2.72. The Hall–Kier alpha value is -2.69. The largest absolute Gasteiger partial charge is 0.355 e. The molecule has 0 radical (unpaired) electrons. The number of imidazole rings is 1. The molecule has 0 atom stereocenters. The van der Waals surface area contributed by atoms with Crippen molar-refractivity contribution in [1.82, 2.24) is 14.9 Å². The maximum absolute atomic E-state index is 12.8. The van der Waals surface area contributed by atoms with Gasteiger partial charge in [-0.1, -0.05) is 18.2 Å². The molecule has 1 amide bonds. The van der Waals surface area contributed by atoms with Crippen molar-refractivity contribution in [3.05, 3.63) is 65.2 Å². The standard InChI is InChI=1S/C19H20FN3O/c1-13-22-17-11-15(5-8-18(17)23(13)2)9-10-21-19(24)12-14-3-6-16(20)7-4-14/h3-8,11H,9-10,12H2,1-2H3,(H,21,24). The molecule has 0 saturated heterocycles. The average molecular weight is 325 g/mol. The van der Waals surface area contributed by atoms with Crippen LogP contribution in [0.1, 0.15) is 17.0 Å². The molecular weight excluding hydrogens is 305 g/mol. The first-order valence-electron chi connectivity index (χ1n) is 7.96. The van der Waals surface area contributed by atoms with Crippen molar-refractivity contribution in [2.45, 2.75) is 19.8 Å². The van der Waals surface area contributed by atoms with Crippen LogP contribution in [0, 0.1) is 12.7 Å². The summed E-state index contributed by atoms with van der Waals surface area (Å²) in [4.78, 5) is 16.5. The van der Waals surface area contributed by atoms with Crippen molar-refractivity contribution in [2.24, 2.45) is 7.05 Å². The van der Waals surface area contributed by atoms with Crippen LogP contribution in [0.25, 0.3) is 11.0 Å². The molecule has 0 spiro atoms. The van der Waals surface area contributed by atoms with Gasteiger partial charge in [0.1, 0.15) is 11.6 Å². The lowest BCUT2D eigenvalue weighted by Crippen LogP contribution is -2.27. The van der Waals surface area contributed by atoms with E-state index in [1.807, 2.05) is 14.0 Å². The summed E-state index contributed by atoms with van der Waals surface area (Å²) in [7, 11) is 2.00. The summed E-state index contributed by atoms with van der Waals surface area (Å²) in [6, 6.07) is 12.2. The Morgan fingerprint density at radius 3 is 2.62 bits per heavy atom. The van der Waals surface area contributed by atoms with E-state index < -0.39 is 0 Å². The van der Waals surface area contributed by atoms with Crippen molar-refractivity contribution in [1.29, 1.82) is 0 Å². The fraction of sp³-hybridized carbons (Fsp3) is 0.263. The van der Waals surface area contributed by atoms with E-state index in [4.69, 9.17) is 0 Å². The summed E-state index contributed by atoms with van der Waals surface area (Å²) in [6.45, 7) is 2.55. The van der Waals surface area contributed by atoms with Crippen LogP contribution in [0.4, 0.5) is 4.39 Å². The monoisotopic (exact) mass is 325 g/mol. The minimum atomic E-state index is -0.292. The Morgan fingerprint density at radius 2 is 1.88 bits per heavy atom. The van der Waals surface area contributed by atoms with Crippen LogP contribution in [0.2, 0.25) is 0 Å². The first kappa shape index (κ1) is 16.2. The molecule has 5 heteroatoms. The normalized spacial score (nSPS) is 11.0. The van der Waals surface area contributed by atoms with Crippen molar-refractivity contribution >= 4 is 16.9 Å². The first-order chi connectivity index (χ1) is 11.5. The predicted molar refractivity (Wildman–Crippen MR) is 92.3 cm³/mol. The van der Waals surface area contributed by atoms with Crippen LogP contribution in [0.15, 0.2) is 42.5 Å². The van der Waals surface area contributed by atoms with Crippen LogP contribution < -0.4 is 5.32 Å². The number of nitrogens with one attached hydrogen (secondary N) is 1. The summed E-state index contributed by atoms with van der Waals surface area (Å²) in [5, 5.41) is 2.90. The molecule has 4 nitrogen and oxygen atoms in total. The minimum Gasteiger partial charge on any atom is -0.355 e. The molecule has 0 aliphatic heterocycles. The summed E-state index contributed by atoms with van der Waals surface area (Å²) in [5.41, 5.74) is 4.03. The van der Waals surface area contributed by atoms with Crippen molar-refractivity contribution in [3.63, 3.8) is 0 Å². The average Bonchev–Trinajstić information content (AvgIpc) is 2.84. The number of halogens is 1. The van der Waals surface area contributed by atoms with Crippen LogP contribution >= 0.6 is 0 Å². The molecule has 3 rings (SSSR count). The highest BCUT2D eigenvalue weighted by atomic mass is 19.1. The first-order valence-corrected chi connectivity index (χ1v) is 7.96. The number of carbonyl (C=O) groups excluding carboxylic acids is 1. The number of nitrogens with zero attached hydrogens (tertiary/aromatic N) is 2. The van der Waals surface area contributed by atoms with Crippen LogP contribution in [-0.2, 0) is 24.7 Å². The lowest BCUT2D eigenvalue weighted by molar-refractivity contribution is -0.120. The van der Waals surface area contributed by atoms with Crippen molar-refractivity contribution < 1.29 is 9.18 Å². The number of benzene rings is 2. The van der Waals surface area contributed by atoms with Gasteiger partial charge in [0.25, 0.3) is 0 Å². The minimum absolute atomic E-state index is 0.0589. The molecule has 0 aliphatic rings. The van der Waals surface area contributed by atoms with E-state index in [9.17, 15) is 9.18 Å². The number of amides is 1. The smallest absolute Gasteiger partial charge is 0.224 e. The second-order valence-electron chi connectivity index (χ2n) is 5.94. The van der Waals surface area contributed by atoms with Gasteiger partial charge < -0.3 is 9.88 Å². The van der Waals surface area contributed by atoms with Gasteiger partial charge in [-0.05, 0) is 48.7 Å². The highest BCUT2D eigenvalue weighted by Gasteiger charge is 2.06. The van der Waals surface area contributed by atoms with Gasteiger partial charge in [0.2, 0.25) is 5.91 Å². The van der Waals surface area contributed by atoms with Gasteiger partial charge in [-0.2, -0.15) is 0 Å². The Bertz CT molecular complexity index is 868. The molecule has 2 aromatic carbocycles. The number of aromatic nitrogens is 2. The van der Waals surface area contributed by atoms with Crippen LogP contribution in [0.5, 0.6) is 0 Å². The highest BCUT2D eigenvalue weighted by molar-refractivity contribution is 5.79. The number of aryl methyl sites for hydroxylation is 2. The molecule has 1 heterocycles. The van der Waals surface area contributed by atoms with Gasteiger partial charge in [0, 0.05) is 13.6 Å². The quantitative estimate of drug-likeness (QED) is 0.784. The molecule has 124 valence electrons. The van der Waals surface area contributed by atoms with E-state index in [1.165, 1.54) is 12.1 Å². The van der Waals surface area contributed by atoms with Crippen molar-refractivity contribution in [3.8, 4) is 0 Å². The Kier molecular flexibility index (Phi) is 4.60. The van der Waals surface area contributed by atoms with E-state index in [2.05, 4.69) is 33.1 Å². The second kappa shape index (κ2) is 6.83. The Labute approximate surface area is 140 Å². The molecule has 0 unspecified atom stereocenters. The highest BCUT2D eigenvalue weighted by Crippen LogP contribution is 2.16. The van der Waals surface area contributed by atoms with Gasteiger partial charge in [0.15, 0.2) is 0 Å². The molecule has 1 N–H and O–H groups in total. The summed E-state index contributed by atoms with van der Waals surface area (Å²) in [6.07, 6.45) is 1.01. The molecule has 0 bridgehead atoms. The third-order valence-electron chi connectivity index (χ3n) is 4.18. The van der Waals surface area contributed by atoms with E-state index >= 15 is 0 Å². The number of fused-ring (bicyclic) bond motifs is 1. The second-order valence-corrected chi connectivity index (χ2v) is 5.94. The van der Waals surface area contributed by atoms with Gasteiger partial charge in [0.05, 0.1) is 17.5 Å². The number of hydrogen-bond acceptors (Lipinski definition) is 2. The molecule has 3 aromatic rings. The zero-order valence-electron chi connectivity index (χ0n) is 13.8. The lowest BCUT2D eigenvalue weighted by Gasteiger charge is -2.06. The zero-order chi connectivity index (χ0) is 17.1. The van der Waals surface area contributed by atoms with Crippen LogP contribution in [0.3, 0.4) is 0 Å². The van der Waals surface area contributed by atoms with E-state index in [0.29, 0.717) is 6.54 Å². The van der Waals surface area contributed by atoms with Gasteiger partial charge in [-0.15, -0.1) is 0 Å². The summed E-state index contributed by atoms with van der Waals surface area (Å²) in [5.74, 6) is 0.630. The van der Waals surface area contributed by atoms with Gasteiger partial charge in [-0.25, -0.2) is 9.37 Å². The Balaban J connectivity index is 1.54. The molecular formula is C19H20FN3O. The van der Waals surface area contributed by atoms with E-state index in [0.717, 1.165) is 34.4 Å². The summed E-state index contributed by atoms with van der Waals surface area (Å²) < 4.78 is 14.9. The maximum Gasteiger partial charge on any atom is 0.224 e. The fourth-order valence-electron chi connectivity index (χ4n) is 2.72. The SMILES string of the molecule is Cc1nc2cc(CCNC(=O)Cc3ccc(F)cc3)ccc2n1C. The molecule has 0 fully saturated rings. The number of rotatable bonds is 5. The number of hydrogen-bond donors (Lipinski definition) is 1. The third-order valence-corrected chi connectivity index (χ3v) is 4.18. The third kappa shape index (κ3) is 3.62. The van der Waals surface area contributed by atoms with E-state index in [1.54, 1.807) is 12.1 Å². The van der Waals surface area contributed by atoms with Crippen molar-refractivity contribution in [2.75, 3.05) is 6.54 Å². The van der Waals surface area contributed by atoms with E-state index in [-0.39, 0.29) is 18.1 Å². The van der Waals surface area contributed by atoms with Crippen LogP contribution in [-0.4, -0.2) is 22.0 Å². The Morgan fingerprint density at radius 1 is 1.17 bits per heavy atom. The molecule has 24 heavy (non-hydrogen) atoms. The van der Waals surface area contributed by atoms with Gasteiger partial charge in [-0.3, -0.25) is 4.79 Å². The summed E-state index contributed by atoms with van der Waals surface area (Å²) >= 11 is 0.